The molecular weight excluding hydrogens is 257 g/mol. The number of halogens is 2. The highest BCUT2D eigenvalue weighted by atomic mass is 35.5. The monoisotopic (exact) mass is 267 g/mol. The van der Waals surface area contributed by atoms with Crippen molar-refractivity contribution in [2.75, 3.05) is 7.05 Å². The fraction of sp³-hybridized carbons (Fsp3) is 0.167. The Kier molecular flexibility index (Phi) is 4.07. The first-order chi connectivity index (χ1) is 8.69. The van der Waals surface area contributed by atoms with Crippen LogP contribution in [0.4, 0.5) is 4.39 Å². The van der Waals surface area contributed by atoms with Crippen molar-refractivity contribution in [3.05, 3.63) is 47.0 Å². The molecular formula is C12H11ClFN3O. The van der Waals surface area contributed by atoms with Crippen LogP contribution < -0.4 is 10.1 Å². The van der Waals surface area contributed by atoms with Crippen LogP contribution in [0.1, 0.15) is 5.56 Å². The minimum Gasteiger partial charge on any atom is -0.424 e. The summed E-state index contributed by atoms with van der Waals surface area (Å²) in [6.07, 6.45) is 3.31. The average molecular weight is 268 g/mol. The van der Waals surface area contributed by atoms with Gasteiger partial charge in [0, 0.05) is 30.6 Å². The van der Waals surface area contributed by atoms with Crippen molar-refractivity contribution >= 4 is 11.6 Å². The normalized spacial score (nSPS) is 10.4. The van der Waals surface area contributed by atoms with E-state index in [0.29, 0.717) is 12.3 Å². The lowest BCUT2D eigenvalue weighted by Gasteiger charge is -2.05. The maximum absolute atomic E-state index is 12.9. The van der Waals surface area contributed by atoms with Gasteiger partial charge in [-0.2, -0.15) is 0 Å². The quantitative estimate of drug-likeness (QED) is 0.925. The van der Waals surface area contributed by atoms with Crippen LogP contribution in [0.3, 0.4) is 0 Å². The lowest BCUT2D eigenvalue weighted by molar-refractivity contribution is 0.439. The Bertz CT molecular complexity index is 533. The van der Waals surface area contributed by atoms with Crippen molar-refractivity contribution in [1.29, 1.82) is 0 Å². The van der Waals surface area contributed by atoms with Crippen LogP contribution in [-0.4, -0.2) is 17.0 Å². The Balaban J connectivity index is 2.10. The molecule has 4 nitrogen and oxygen atoms in total. The molecule has 0 aliphatic heterocycles. The molecule has 1 aromatic heterocycles. The molecule has 1 heterocycles. The van der Waals surface area contributed by atoms with Crippen LogP contribution in [0, 0.1) is 5.82 Å². The second-order valence-corrected chi connectivity index (χ2v) is 3.99. The van der Waals surface area contributed by atoms with E-state index in [1.54, 1.807) is 12.4 Å². The maximum Gasteiger partial charge on any atom is 0.321 e. The molecule has 2 aromatic rings. The van der Waals surface area contributed by atoms with Gasteiger partial charge in [-0.1, -0.05) is 11.6 Å². The van der Waals surface area contributed by atoms with E-state index in [0.717, 1.165) is 5.56 Å². The van der Waals surface area contributed by atoms with Crippen LogP contribution in [0.5, 0.6) is 11.8 Å². The molecule has 0 bridgehead atoms. The number of benzene rings is 1. The Morgan fingerprint density at radius 2 is 2.06 bits per heavy atom. The molecule has 2 rings (SSSR count). The van der Waals surface area contributed by atoms with E-state index in [4.69, 9.17) is 16.3 Å². The molecule has 0 radical (unpaired) electrons. The summed E-state index contributed by atoms with van der Waals surface area (Å²) in [4.78, 5) is 8.07. The molecule has 1 aromatic carbocycles. The zero-order valence-corrected chi connectivity index (χ0v) is 10.4. The van der Waals surface area contributed by atoms with E-state index in [-0.39, 0.29) is 11.0 Å². The van der Waals surface area contributed by atoms with Gasteiger partial charge in [0.15, 0.2) is 0 Å². The Labute approximate surface area is 109 Å². The largest absolute Gasteiger partial charge is 0.424 e. The number of nitrogens with one attached hydrogen (secondary N) is 1. The standard InChI is InChI=1S/C12H11ClFN3O/c1-15-5-8-6-16-12(17-7-8)18-9-2-3-11(14)10(13)4-9/h2-4,6-7,15H,5H2,1H3. The highest BCUT2D eigenvalue weighted by Gasteiger charge is 2.04. The van der Waals surface area contributed by atoms with E-state index in [1.807, 2.05) is 7.05 Å². The molecule has 94 valence electrons. The van der Waals surface area contributed by atoms with Gasteiger partial charge >= 0.3 is 6.01 Å². The smallest absolute Gasteiger partial charge is 0.321 e. The van der Waals surface area contributed by atoms with Crippen molar-refractivity contribution in [2.24, 2.45) is 0 Å². The minimum absolute atomic E-state index is 0.000645. The summed E-state index contributed by atoms with van der Waals surface area (Å²) in [5, 5.41) is 2.99. The van der Waals surface area contributed by atoms with Crippen molar-refractivity contribution in [3.8, 4) is 11.8 Å². The van der Waals surface area contributed by atoms with E-state index < -0.39 is 5.82 Å². The third-order valence-electron chi connectivity index (χ3n) is 2.16. The van der Waals surface area contributed by atoms with Gasteiger partial charge in [0.2, 0.25) is 0 Å². The molecule has 6 heteroatoms. The van der Waals surface area contributed by atoms with Gasteiger partial charge < -0.3 is 10.1 Å². The van der Waals surface area contributed by atoms with Crippen molar-refractivity contribution in [2.45, 2.75) is 6.54 Å². The molecule has 0 aliphatic carbocycles. The summed E-state index contributed by atoms with van der Waals surface area (Å²) in [7, 11) is 1.84. The van der Waals surface area contributed by atoms with Crippen LogP contribution in [0.25, 0.3) is 0 Å². The summed E-state index contributed by atoms with van der Waals surface area (Å²) in [5.41, 5.74) is 0.946. The number of aromatic nitrogens is 2. The molecule has 0 unspecified atom stereocenters. The molecule has 0 spiro atoms. The van der Waals surface area contributed by atoms with Crippen LogP contribution in [0.2, 0.25) is 5.02 Å². The Morgan fingerprint density at radius 1 is 1.33 bits per heavy atom. The third-order valence-corrected chi connectivity index (χ3v) is 2.45. The Morgan fingerprint density at radius 3 is 2.67 bits per heavy atom. The van der Waals surface area contributed by atoms with Crippen molar-refractivity contribution < 1.29 is 9.13 Å². The van der Waals surface area contributed by atoms with Gasteiger partial charge in [-0.25, -0.2) is 14.4 Å². The molecule has 0 saturated heterocycles. The molecule has 1 N–H and O–H groups in total. The first-order valence-corrected chi connectivity index (χ1v) is 5.65. The van der Waals surface area contributed by atoms with Crippen LogP contribution in [-0.2, 0) is 6.54 Å². The summed E-state index contributed by atoms with van der Waals surface area (Å²) < 4.78 is 18.3. The van der Waals surface area contributed by atoms with Gasteiger partial charge in [-0.3, -0.25) is 0 Å². The van der Waals surface area contributed by atoms with Crippen molar-refractivity contribution in [3.63, 3.8) is 0 Å². The lowest BCUT2D eigenvalue weighted by Crippen LogP contribution is -2.06. The molecule has 0 atom stereocenters. The van der Waals surface area contributed by atoms with E-state index >= 15 is 0 Å². The fourth-order valence-electron chi connectivity index (χ4n) is 1.34. The zero-order chi connectivity index (χ0) is 13.0. The summed E-state index contributed by atoms with van der Waals surface area (Å²) in [5.74, 6) is -0.0999. The molecule has 18 heavy (non-hydrogen) atoms. The molecule has 0 aliphatic rings. The number of hydrogen-bond donors (Lipinski definition) is 1. The first kappa shape index (κ1) is 12.7. The predicted octanol–water partition coefficient (Wildman–Crippen LogP) is 2.78. The molecule has 0 amide bonds. The van der Waals surface area contributed by atoms with E-state index in [9.17, 15) is 4.39 Å². The van der Waals surface area contributed by atoms with Crippen LogP contribution in [0.15, 0.2) is 30.6 Å². The Hall–Kier alpha value is -1.72. The van der Waals surface area contributed by atoms with E-state index in [2.05, 4.69) is 15.3 Å². The summed E-state index contributed by atoms with van der Waals surface area (Å²) >= 11 is 5.64. The number of rotatable bonds is 4. The SMILES string of the molecule is CNCc1cnc(Oc2ccc(F)c(Cl)c2)nc1. The number of ether oxygens (including phenoxy) is 1. The predicted molar refractivity (Wildman–Crippen MR) is 66.3 cm³/mol. The second kappa shape index (κ2) is 5.75. The fourth-order valence-corrected chi connectivity index (χ4v) is 1.51. The maximum atomic E-state index is 12.9. The molecule has 0 saturated carbocycles. The van der Waals surface area contributed by atoms with Gasteiger partial charge in [0.05, 0.1) is 5.02 Å². The topological polar surface area (TPSA) is 47.0 Å². The van der Waals surface area contributed by atoms with Gasteiger partial charge in [-0.15, -0.1) is 0 Å². The highest BCUT2D eigenvalue weighted by molar-refractivity contribution is 6.30. The van der Waals surface area contributed by atoms with Gasteiger partial charge in [-0.05, 0) is 19.2 Å². The molecule has 0 fully saturated rings. The van der Waals surface area contributed by atoms with Crippen molar-refractivity contribution in [1.82, 2.24) is 15.3 Å². The van der Waals surface area contributed by atoms with E-state index in [1.165, 1.54) is 18.2 Å². The lowest BCUT2D eigenvalue weighted by atomic mass is 10.3. The summed E-state index contributed by atoms with van der Waals surface area (Å²) in [6.45, 7) is 0.683. The van der Waals surface area contributed by atoms with Gasteiger partial charge in [0.25, 0.3) is 0 Å². The third kappa shape index (κ3) is 3.15. The summed E-state index contributed by atoms with van der Waals surface area (Å²) in [6, 6.07) is 4.26. The minimum atomic E-state index is -0.491. The number of nitrogens with zero attached hydrogens (tertiary/aromatic N) is 2. The highest BCUT2D eigenvalue weighted by Crippen LogP contribution is 2.23. The zero-order valence-electron chi connectivity index (χ0n) is 9.65. The van der Waals surface area contributed by atoms with Gasteiger partial charge in [0.1, 0.15) is 11.6 Å². The average Bonchev–Trinajstić information content (AvgIpc) is 2.37. The van der Waals surface area contributed by atoms with Crippen LogP contribution >= 0.6 is 11.6 Å². The second-order valence-electron chi connectivity index (χ2n) is 3.58. The first-order valence-electron chi connectivity index (χ1n) is 5.27. The number of hydrogen-bond acceptors (Lipinski definition) is 4.